The Hall–Kier alpha value is -0.690. The topological polar surface area (TPSA) is 99.0 Å². The van der Waals surface area contributed by atoms with E-state index in [1.807, 2.05) is 0 Å². The summed E-state index contributed by atoms with van der Waals surface area (Å²) < 4.78 is 5.35. The van der Waals surface area contributed by atoms with E-state index in [-0.39, 0.29) is 5.91 Å². The van der Waals surface area contributed by atoms with Crippen LogP contribution in [0.15, 0.2) is 0 Å². The first-order valence-corrected chi connectivity index (χ1v) is 5.31. The third-order valence-corrected chi connectivity index (χ3v) is 3.04. The van der Waals surface area contributed by atoms with E-state index in [2.05, 4.69) is 5.32 Å². The van der Waals surface area contributed by atoms with Crippen LogP contribution in [0.5, 0.6) is 0 Å². The van der Waals surface area contributed by atoms with Crippen molar-refractivity contribution in [2.75, 3.05) is 7.05 Å². The second kappa shape index (κ2) is 5.09. The minimum atomic E-state index is -1.29. The summed E-state index contributed by atoms with van der Waals surface area (Å²) in [6.07, 6.45) is -5.12. The van der Waals surface area contributed by atoms with Crippen molar-refractivity contribution in [2.24, 2.45) is 5.92 Å². The fourth-order valence-electron chi connectivity index (χ4n) is 1.87. The Bertz CT molecular complexity index is 260. The van der Waals surface area contributed by atoms with Crippen molar-refractivity contribution < 1.29 is 24.9 Å². The van der Waals surface area contributed by atoms with Crippen LogP contribution in [0.3, 0.4) is 0 Å². The lowest BCUT2D eigenvalue weighted by molar-refractivity contribution is -0.227. The average molecular weight is 233 g/mol. The molecule has 1 fully saturated rings. The first kappa shape index (κ1) is 13.4. The van der Waals surface area contributed by atoms with E-state index < -0.39 is 36.4 Å². The van der Waals surface area contributed by atoms with E-state index in [4.69, 9.17) is 4.74 Å². The highest BCUT2D eigenvalue weighted by molar-refractivity contribution is 5.78. The Kier molecular flexibility index (Phi) is 4.26. The Balaban J connectivity index is 2.77. The predicted octanol–water partition coefficient (Wildman–Crippen LogP) is -1.76. The van der Waals surface area contributed by atoms with Gasteiger partial charge in [-0.25, -0.2) is 0 Å². The van der Waals surface area contributed by atoms with Gasteiger partial charge in [0.05, 0.1) is 18.1 Å². The predicted molar refractivity (Wildman–Crippen MR) is 55.6 cm³/mol. The molecule has 0 aromatic rings. The summed E-state index contributed by atoms with van der Waals surface area (Å²) in [5.41, 5.74) is 0. The number of carbonyl (C=O) groups excluding carboxylic acids is 1. The highest BCUT2D eigenvalue weighted by Gasteiger charge is 2.45. The van der Waals surface area contributed by atoms with Crippen LogP contribution in [-0.4, -0.2) is 58.8 Å². The smallest absolute Gasteiger partial charge is 0.225 e. The van der Waals surface area contributed by atoms with Gasteiger partial charge < -0.3 is 25.4 Å². The first-order chi connectivity index (χ1) is 7.40. The number of aliphatic hydroxyl groups excluding tert-OH is 3. The molecule has 1 aliphatic rings. The monoisotopic (exact) mass is 233 g/mol. The second-order valence-corrected chi connectivity index (χ2v) is 4.18. The van der Waals surface area contributed by atoms with Crippen LogP contribution in [0.1, 0.15) is 13.8 Å². The summed E-state index contributed by atoms with van der Waals surface area (Å²) in [5, 5.41) is 31.2. The maximum absolute atomic E-state index is 11.4. The molecular weight excluding hydrogens is 214 g/mol. The molecule has 0 saturated carbocycles. The van der Waals surface area contributed by atoms with Crippen molar-refractivity contribution in [2.45, 2.75) is 44.4 Å². The summed E-state index contributed by atoms with van der Waals surface area (Å²) in [6, 6.07) is 0. The molecule has 0 radical (unpaired) electrons. The van der Waals surface area contributed by atoms with E-state index in [0.717, 1.165) is 0 Å². The molecule has 1 aliphatic heterocycles. The SMILES string of the molecule is CNC(=O)C(C)C1O[C@@H](C)[C@H](O)[C@@H](O)[C@H]1O. The second-order valence-electron chi connectivity index (χ2n) is 4.18. The number of ether oxygens (including phenoxy) is 1. The molecule has 0 aromatic carbocycles. The molecule has 2 unspecified atom stereocenters. The highest BCUT2D eigenvalue weighted by Crippen LogP contribution is 2.25. The lowest BCUT2D eigenvalue weighted by Gasteiger charge is -2.41. The van der Waals surface area contributed by atoms with Crippen LogP contribution < -0.4 is 5.32 Å². The molecule has 0 aromatic heterocycles. The summed E-state index contributed by atoms with van der Waals surface area (Å²) in [4.78, 5) is 11.4. The molecule has 1 heterocycles. The van der Waals surface area contributed by atoms with Crippen LogP contribution in [0, 0.1) is 5.92 Å². The first-order valence-electron chi connectivity index (χ1n) is 5.31. The van der Waals surface area contributed by atoms with Crippen molar-refractivity contribution in [3.05, 3.63) is 0 Å². The van der Waals surface area contributed by atoms with Gasteiger partial charge in [0.25, 0.3) is 0 Å². The summed E-state index contributed by atoms with van der Waals surface area (Å²) in [7, 11) is 1.49. The number of nitrogens with one attached hydrogen (secondary N) is 1. The average Bonchev–Trinajstić information content (AvgIpc) is 2.29. The molecule has 6 nitrogen and oxygen atoms in total. The molecule has 16 heavy (non-hydrogen) atoms. The zero-order chi connectivity index (χ0) is 12.5. The van der Waals surface area contributed by atoms with Crippen molar-refractivity contribution in [1.29, 1.82) is 0 Å². The molecule has 94 valence electrons. The maximum Gasteiger partial charge on any atom is 0.225 e. The van der Waals surface area contributed by atoms with Crippen molar-refractivity contribution in [1.82, 2.24) is 5.32 Å². The number of hydrogen-bond donors (Lipinski definition) is 4. The van der Waals surface area contributed by atoms with E-state index in [1.165, 1.54) is 7.05 Å². The minimum absolute atomic E-state index is 0.278. The summed E-state index contributed by atoms with van der Waals surface area (Å²) >= 11 is 0. The number of amides is 1. The lowest BCUT2D eigenvalue weighted by Crippen LogP contribution is -2.59. The third kappa shape index (κ3) is 2.35. The number of rotatable bonds is 2. The molecule has 0 aliphatic carbocycles. The Morgan fingerprint density at radius 2 is 1.81 bits per heavy atom. The third-order valence-electron chi connectivity index (χ3n) is 3.04. The summed E-state index contributed by atoms with van der Waals surface area (Å²) in [5.74, 6) is -0.871. The zero-order valence-electron chi connectivity index (χ0n) is 9.62. The molecule has 0 bridgehead atoms. The molecule has 1 saturated heterocycles. The van der Waals surface area contributed by atoms with Gasteiger partial charge in [-0.15, -0.1) is 0 Å². The Labute approximate surface area is 94.2 Å². The van der Waals surface area contributed by atoms with Gasteiger partial charge in [0.1, 0.15) is 18.3 Å². The van der Waals surface area contributed by atoms with E-state index in [9.17, 15) is 20.1 Å². The van der Waals surface area contributed by atoms with Gasteiger partial charge in [-0.2, -0.15) is 0 Å². The minimum Gasteiger partial charge on any atom is -0.388 e. The van der Waals surface area contributed by atoms with Crippen LogP contribution in [-0.2, 0) is 9.53 Å². The number of aliphatic hydroxyl groups is 3. The quantitative estimate of drug-likeness (QED) is 0.453. The molecule has 0 spiro atoms. The van der Waals surface area contributed by atoms with Gasteiger partial charge in [-0.05, 0) is 6.92 Å². The van der Waals surface area contributed by atoms with E-state index >= 15 is 0 Å². The zero-order valence-corrected chi connectivity index (χ0v) is 9.62. The van der Waals surface area contributed by atoms with Gasteiger partial charge in [-0.3, -0.25) is 4.79 Å². The fraction of sp³-hybridized carbons (Fsp3) is 0.900. The van der Waals surface area contributed by atoms with Gasteiger partial charge in [0.2, 0.25) is 5.91 Å². The number of carbonyl (C=O) groups is 1. The van der Waals surface area contributed by atoms with Gasteiger partial charge in [0, 0.05) is 7.05 Å². The van der Waals surface area contributed by atoms with Crippen LogP contribution in [0.4, 0.5) is 0 Å². The highest BCUT2D eigenvalue weighted by atomic mass is 16.5. The number of hydrogen-bond acceptors (Lipinski definition) is 5. The van der Waals surface area contributed by atoms with Gasteiger partial charge in [0.15, 0.2) is 0 Å². The Morgan fingerprint density at radius 1 is 1.25 bits per heavy atom. The van der Waals surface area contributed by atoms with Crippen molar-refractivity contribution >= 4 is 5.91 Å². The van der Waals surface area contributed by atoms with Crippen LogP contribution in [0.25, 0.3) is 0 Å². The molecule has 1 rings (SSSR count). The molecule has 6 atom stereocenters. The molecule has 4 N–H and O–H groups in total. The maximum atomic E-state index is 11.4. The normalized spacial score (nSPS) is 41.5. The molecule has 6 heteroatoms. The summed E-state index contributed by atoms with van der Waals surface area (Å²) in [6.45, 7) is 3.19. The Morgan fingerprint density at radius 3 is 2.31 bits per heavy atom. The van der Waals surface area contributed by atoms with E-state index in [0.29, 0.717) is 0 Å². The van der Waals surface area contributed by atoms with Crippen molar-refractivity contribution in [3.8, 4) is 0 Å². The lowest BCUT2D eigenvalue weighted by atomic mass is 9.88. The fourth-order valence-corrected chi connectivity index (χ4v) is 1.87. The van der Waals surface area contributed by atoms with Gasteiger partial charge >= 0.3 is 0 Å². The molecule has 1 amide bonds. The van der Waals surface area contributed by atoms with Crippen LogP contribution >= 0.6 is 0 Å². The van der Waals surface area contributed by atoms with Crippen LogP contribution in [0.2, 0.25) is 0 Å². The van der Waals surface area contributed by atoms with E-state index in [1.54, 1.807) is 13.8 Å². The standard InChI is InChI=1S/C10H19NO5/c1-4(10(15)11-3)9-8(14)7(13)6(12)5(2)16-9/h4-9,12-14H,1-3H3,(H,11,15)/t4?,5-,6-,7+,8+,9?/m0/s1. The van der Waals surface area contributed by atoms with Crippen molar-refractivity contribution in [3.63, 3.8) is 0 Å². The largest absolute Gasteiger partial charge is 0.388 e. The van der Waals surface area contributed by atoms with Gasteiger partial charge in [-0.1, -0.05) is 6.92 Å². The molecular formula is C10H19NO5.